The van der Waals surface area contributed by atoms with Gasteiger partial charge in [-0.05, 0) is 65.7 Å². The van der Waals surface area contributed by atoms with Crippen LogP contribution in [0.3, 0.4) is 0 Å². The molecule has 0 aliphatic rings. The van der Waals surface area contributed by atoms with Crippen molar-refractivity contribution in [3.05, 3.63) is 22.2 Å². The van der Waals surface area contributed by atoms with Gasteiger partial charge in [-0.3, -0.25) is 0 Å². The highest BCUT2D eigenvalue weighted by Gasteiger charge is 2.12. The Hall–Kier alpha value is -0.740. The van der Waals surface area contributed by atoms with Crippen molar-refractivity contribution in [3.8, 4) is 11.5 Å². The van der Waals surface area contributed by atoms with Gasteiger partial charge in [-0.2, -0.15) is 0 Å². The molecule has 20 heavy (non-hydrogen) atoms. The van der Waals surface area contributed by atoms with Crippen molar-refractivity contribution >= 4 is 15.9 Å². The van der Waals surface area contributed by atoms with E-state index < -0.39 is 0 Å². The molecule has 0 fully saturated rings. The fraction of sp³-hybridized carbons (Fsp3) is 0.625. The molecule has 1 rings (SSSR count). The van der Waals surface area contributed by atoms with E-state index in [9.17, 15) is 0 Å². The summed E-state index contributed by atoms with van der Waals surface area (Å²) in [7, 11) is 1.67. The van der Waals surface area contributed by atoms with E-state index in [0.29, 0.717) is 12.5 Å². The average Bonchev–Trinajstić information content (AvgIpc) is 2.34. The molecule has 1 unspecified atom stereocenters. The van der Waals surface area contributed by atoms with Crippen molar-refractivity contribution in [2.24, 2.45) is 11.7 Å². The summed E-state index contributed by atoms with van der Waals surface area (Å²) in [5, 5.41) is 0. The molecule has 114 valence electrons. The molecule has 0 radical (unpaired) electrons. The van der Waals surface area contributed by atoms with Gasteiger partial charge >= 0.3 is 0 Å². The van der Waals surface area contributed by atoms with Gasteiger partial charge in [0.15, 0.2) is 11.5 Å². The summed E-state index contributed by atoms with van der Waals surface area (Å²) < 4.78 is 12.2. The van der Waals surface area contributed by atoms with Crippen LogP contribution >= 0.6 is 15.9 Å². The van der Waals surface area contributed by atoms with E-state index >= 15 is 0 Å². The Balaban J connectivity index is 2.74. The smallest absolute Gasteiger partial charge is 0.175 e. The first-order valence-corrected chi connectivity index (χ1v) is 7.98. The summed E-state index contributed by atoms with van der Waals surface area (Å²) in [6, 6.07) is 4.19. The highest BCUT2D eigenvalue weighted by Crippen LogP contribution is 2.37. The lowest BCUT2D eigenvalue weighted by Crippen LogP contribution is -2.17. The van der Waals surface area contributed by atoms with Crippen LogP contribution in [0.1, 0.15) is 39.2 Å². The number of hydrogen-bond donors (Lipinski definition) is 1. The minimum absolute atomic E-state index is 0.129. The van der Waals surface area contributed by atoms with Crippen molar-refractivity contribution in [2.75, 3.05) is 13.7 Å². The molecule has 4 heteroatoms. The predicted octanol–water partition coefficient (Wildman–Crippen LogP) is 4.16. The highest BCUT2D eigenvalue weighted by molar-refractivity contribution is 9.10. The fourth-order valence-electron chi connectivity index (χ4n) is 2.07. The Morgan fingerprint density at radius 2 is 1.95 bits per heavy atom. The van der Waals surface area contributed by atoms with Gasteiger partial charge in [0.1, 0.15) is 0 Å². The molecule has 3 nitrogen and oxygen atoms in total. The third-order valence-electron chi connectivity index (χ3n) is 3.02. The molecule has 0 saturated heterocycles. The van der Waals surface area contributed by atoms with E-state index in [1.165, 1.54) is 6.42 Å². The third kappa shape index (κ3) is 5.71. The van der Waals surface area contributed by atoms with E-state index in [1.54, 1.807) is 7.11 Å². The maximum absolute atomic E-state index is 5.87. The summed E-state index contributed by atoms with van der Waals surface area (Å²) in [5.74, 6) is 2.25. The Kier molecular flexibility index (Phi) is 7.38. The van der Waals surface area contributed by atoms with Gasteiger partial charge in [0.05, 0.1) is 18.2 Å². The van der Waals surface area contributed by atoms with Gasteiger partial charge in [-0.15, -0.1) is 0 Å². The molecule has 0 aromatic heterocycles. The van der Waals surface area contributed by atoms with Crippen LogP contribution in [0.25, 0.3) is 0 Å². The highest BCUT2D eigenvalue weighted by atomic mass is 79.9. The second-order valence-corrected chi connectivity index (χ2v) is 6.53. The molecule has 0 amide bonds. The van der Waals surface area contributed by atoms with Crippen molar-refractivity contribution in [1.82, 2.24) is 0 Å². The Morgan fingerprint density at radius 1 is 1.25 bits per heavy atom. The van der Waals surface area contributed by atoms with Gasteiger partial charge in [0.2, 0.25) is 0 Å². The standard InChI is InChI=1S/C16H26BrNO2/c1-11(2)6-5-7-20-16-14(17)9-13(8-12(3)18)10-15(16)19-4/h9-12H,5-8,18H2,1-4H3. The molecule has 1 atom stereocenters. The molecule has 0 heterocycles. The van der Waals surface area contributed by atoms with Crippen LogP contribution in [0.15, 0.2) is 16.6 Å². The van der Waals surface area contributed by atoms with Gasteiger partial charge < -0.3 is 15.2 Å². The van der Waals surface area contributed by atoms with Crippen LogP contribution in [-0.2, 0) is 6.42 Å². The minimum Gasteiger partial charge on any atom is -0.493 e. The van der Waals surface area contributed by atoms with Crippen molar-refractivity contribution in [1.29, 1.82) is 0 Å². The van der Waals surface area contributed by atoms with E-state index in [-0.39, 0.29) is 6.04 Å². The first-order valence-electron chi connectivity index (χ1n) is 7.18. The summed E-state index contributed by atoms with van der Waals surface area (Å²) >= 11 is 3.56. The van der Waals surface area contributed by atoms with Crippen LogP contribution in [0.2, 0.25) is 0 Å². The molecule has 1 aromatic rings. The number of methoxy groups -OCH3 is 1. The van der Waals surface area contributed by atoms with E-state index in [4.69, 9.17) is 15.2 Å². The van der Waals surface area contributed by atoms with Gasteiger partial charge in [0.25, 0.3) is 0 Å². The molecule has 0 saturated carbocycles. The maximum Gasteiger partial charge on any atom is 0.175 e. The monoisotopic (exact) mass is 343 g/mol. The summed E-state index contributed by atoms with van der Waals surface area (Å²) in [6.45, 7) is 7.15. The minimum atomic E-state index is 0.129. The third-order valence-corrected chi connectivity index (χ3v) is 3.61. The number of nitrogens with two attached hydrogens (primary N) is 1. The zero-order chi connectivity index (χ0) is 15.1. The van der Waals surface area contributed by atoms with Crippen molar-refractivity contribution in [3.63, 3.8) is 0 Å². The molecule has 1 aromatic carbocycles. The quantitative estimate of drug-likeness (QED) is 0.720. The molecule has 0 aliphatic carbocycles. The average molecular weight is 344 g/mol. The van der Waals surface area contributed by atoms with Gasteiger partial charge in [-0.1, -0.05) is 13.8 Å². The first-order chi connectivity index (χ1) is 9.43. The van der Waals surface area contributed by atoms with Crippen LogP contribution in [0.5, 0.6) is 11.5 Å². The van der Waals surface area contributed by atoms with Gasteiger partial charge in [-0.25, -0.2) is 0 Å². The number of benzene rings is 1. The summed E-state index contributed by atoms with van der Waals surface area (Å²) in [6.07, 6.45) is 3.04. The molecular formula is C16H26BrNO2. The Bertz CT molecular complexity index is 419. The van der Waals surface area contributed by atoms with Crippen LogP contribution in [0, 0.1) is 5.92 Å². The van der Waals surface area contributed by atoms with Gasteiger partial charge in [0, 0.05) is 6.04 Å². The lowest BCUT2D eigenvalue weighted by atomic mass is 10.1. The number of ether oxygens (including phenoxy) is 2. The number of halogens is 1. The molecule has 0 aliphatic heterocycles. The molecule has 0 bridgehead atoms. The van der Waals surface area contributed by atoms with E-state index in [0.717, 1.165) is 34.4 Å². The maximum atomic E-state index is 5.87. The zero-order valence-corrected chi connectivity index (χ0v) is 14.5. The van der Waals surface area contributed by atoms with E-state index in [1.807, 2.05) is 13.0 Å². The number of rotatable bonds is 8. The van der Waals surface area contributed by atoms with Crippen LogP contribution < -0.4 is 15.2 Å². The second-order valence-electron chi connectivity index (χ2n) is 5.67. The second kappa shape index (κ2) is 8.53. The molecule has 2 N–H and O–H groups in total. The largest absolute Gasteiger partial charge is 0.493 e. The first kappa shape index (κ1) is 17.3. The fourth-order valence-corrected chi connectivity index (χ4v) is 2.67. The Morgan fingerprint density at radius 3 is 2.50 bits per heavy atom. The predicted molar refractivity (Wildman–Crippen MR) is 87.6 cm³/mol. The summed E-state index contributed by atoms with van der Waals surface area (Å²) in [4.78, 5) is 0. The number of hydrogen-bond acceptors (Lipinski definition) is 3. The van der Waals surface area contributed by atoms with Crippen molar-refractivity contribution < 1.29 is 9.47 Å². The lowest BCUT2D eigenvalue weighted by Gasteiger charge is -2.15. The SMILES string of the molecule is COc1cc(CC(C)N)cc(Br)c1OCCCC(C)C. The zero-order valence-electron chi connectivity index (χ0n) is 12.9. The normalized spacial score (nSPS) is 12.6. The molecular weight excluding hydrogens is 318 g/mol. The van der Waals surface area contributed by atoms with Crippen LogP contribution in [0.4, 0.5) is 0 Å². The van der Waals surface area contributed by atoms with Crippen LogP contribution in [-0.4, -0.2) is 19.8 Å². The van der Waals surface area contributed by atoms with Crippen molar-refractivity contribution in [2.45, 2.75) is 46.1 Å². The van der Waals surface area contributed by atoms with E-state index in [2.05, 4.69) is 35.8 Å². The Labute approximate surface area is 131 Å². The topological polar surface area (TPSA) is 44.5 Å². The lowest BCUT2D eigenvalue weighted by molar-refractivity contribution is 0.278. The molecule has 0 spiro atoms. The summed E-state index contributed by atoms with van der Waals surface area (Å²) in [5.41, 5.74) is 6.99.